The van der Waals surface area contributed by atoms with E-state index in [1.807, 2.05) is 69.3 Å². The van der Waals surface area contributed by atoms with Gasteiger partial charge < -0.3 is 10.0 Å². The van der Waals surface area contributed by atoms with Crippen molar-refractivity contribution in [3.05, 3.63) is 100 Å². The fourth-order valence-corrected chi connectivity index (χ4v) is 4.25. The zero-order valence-electron chi connectivity index (χ0n) is 17.5. The van der Waals surface area contributed by atoms with E-state index in [-0.39, 0.29) is 12.2 Å². The minimum Gasteiger partial charge on any atom is -0.375 e. The second kappa shape index (κ2) is 7.54. The zero-order valence-corrected chi connectivity index (χ0v) is 17.5. The largest absolute Gasteiger partial charge is 0.375 e. The van der Waals surface area contributed by atoms with Gasteiger partial charge in [0.25, 0.3) is 5.91 Å². The monoisotopic (exact) mass is 399 g/mol. The summed E-state index contributed by atoms with van der Waals surface area (Å²) in [6, 6.07) is 20.6. The Hall–Kier alpha value is -3.24. The smallest absolute Gasteiger partial charge is 0.264 e. The number of ketones is 1. The molecule has 4 nitrogen and oxygen atoms in total. The van der Waals surface area contributed by atoms with E-state index in [1.165, 1.54) is 0 Å². The van der Waals surface area contributed by atoms with Crippen molar-refractivity contribution in [1.82, 2.24) is 0 Å². The predicted molar refractivity (Wildman–Crippen MR) is 118 cm³/mol. The van der Waals surface area contributed by atoms with Crippen LogP contribution in [0, 0.1) is 20.8 Å². The Labute approximate surface area is 176 Å². The van der Waals surface area contributed by atoms with E-state index in [0.29, 0.717) is 23.4 Å². The number of aryl methyl sites for hydroxylation is 3. The van der Waals surface area contributed by atoms with Crippen molar-refractivity contribution < 1.29 is 14.7 Å². The van der Waals surface area contributed by atoms with Crippen molar-refractivity contribution in [3.63, 3.8) is 0 Å². The number of amides is 1. The van der Waals surface area contributed by atoms with Crippen molar-refractivity contribution in [1.29, 1.82) is 0 Å². The minimum atomic E-state index is -1.87. The number of fused-ring (bicyclic) bond motifs is 1. The summed E-state index contributed by atoms with van der Waals surface area (Å²) in [4.78, 5) is 28.1. The quantitative estimate of drug-likeness (QED) is 0.637. The van der Waals surface area contributed by atoms with Crippen molar-refractivity contribution in [3.8, 4) is 0 Å². The van der Waals surface area contributed by atoms with Gasteiger partial charge in [0.2, 0.25) is 0 Å². The third kappa shape index (κ3) is 3.33. The normalized spacial score (nSPS) is 17.9. The average molecular weight is 399 g/mol. The van der Waals surface area contributed by atoms with Gasteiger partial charge in [0, 0.05) is 11.1 Å². The number of rotatable bonds is 5. The molecule has 1 atom stereocenters. The van der Waals surface area contributed by atoms with Crippen LogP contribution in [0.2, 0.25) is 0 Å². The highest BCUT2D eigenvalue weighted by Crippen LogP contribution is 2.43. The van der Waals surface area contributed by atoms with E-state index >= 15 is 0 Å². The molecule has 4 heteroatoms. The van der Waals surface area contributed by atoms with Gasteiger partial charge in [0.1, 0.15) is 0 Å². The number of hydrogen-bond donors (Lipinski definition) is 1. The van der Waals surface area contributed by atoms with Crippen LogP contribution in [0.1, 0.15) is 44.6 Å². The van der Waals surface area contributed by atoms with Crippen LogP contribution in [0.4, 0.5) is 5.69 Å². The van der Waals surface area contributed by atoms with Crippen LogP contribution in [0.3, 0.4) is 0 Å². The highest BCUT2D eigenvalue weighted by atomic mass is 16.3. The fraction of sp³-hybridized carbons (Fsp3) is 0.231. The number of benzene rings is 3. The first-order chi connectivity index (χ1) is 14.3. The minimum absolute atomic E-state index is 0.240. The van der Waals surface area contributed by atoms with Crippen LogP contribution in [-0.4, -0.2) is 16.8 Å². The van der Waals surface area contributed by atoms with Crippen molar-refractivity contribution in [2.75, 3.05) is 4.90 Å². The molecule has 3 aromatic carbocycles. The zero-order chi connectivity index (χ0) is 21.5. The number of hydrogen-bond acceptors (Lipinski definition) is 3. The number of para-hydroxylation sites is 1. The summed E-state index contributed by atoms with van der Waals surface area (Å²) >= 11 is 0. The molecule has 0 saturated heterocycles. The third-order valence-corrected chi connectivity index (χ3v) is 5.93. The van der Waals surface area contributed by atoms with Gasteiger partial charge in [-0.1, -0.05) is 66.2 Å². The first kappa shape index (κ1) is 20.0. The van der Waals surface area contributed by atoms with Crippen molar-refractivity contribution in [2.24, 2.45) is 0 Å². The molecule has 0 radical (unpaired) electrons. The first-order valence-electron chi connectivity index (χ1n) is 10.1. The van der Waals surface area contributed by atoms with E-state index in [1.54, 1.807) is 23.1 Å². The lowest BCUT2D eigenvalue weighted by Gasteiger charge is -2.23. The van der Waals surface area contributed by atoms with Gasteiger partial charge in [-0.2, -0.15) is 0 Å². The third-order valence-electron chi connectivity index (χ3n) is 5.93. The molecule has 0 spiro atoms. The average Bonchev–Trinajstić information content (AvgIpc) is 2.91. The second-order valence-electron chi connectivity index (χ2n) is 8.11. The fourth-order valence-electron chi connectivity index (χ4n) is 4.25. The van der Waals surface area contributed by atoms with E-state index in [2.05, 4.69) is 0 Å². The Morgan fingerprint density at radius 1 is 0.933 bits per heavy atom. The highest BCUT2D eigenvalue weighted by Gasteiger charge is 2.50. The first-order valence-corrected chi connectivity index (χ1v) is 10.1. The van der Waals surface area contributed by atoms with Crippen LogP contribution in [0.25, 0.3) is 0 Å². The molecule has 30 heavy (non-hydrogen) atoms. The van der Waals surface area contributed by atoms with Crippen LogP contribution < -0.4 is 4.90 Å². The highest BCUT2D eigenvalue weighted by molar-refractivity contribution is 6.11. The molecule has 1 heterocycles. The van der Waals surface area contributed by atoms with Crippen LogP contribution in [0.15, 0.2) is 66.7 Å². The lowest BCUT2D eigenvalue weighted by molar-refractivity contribution is -0.136. The number of carbonyl (C=O) groups excluding carboxylic acids is 2. The Bertz CT molecular complexity index is 1150. The van der Waals surface area contributed by atoms with Gasteiger partial charge in [-0.05, 0) is 43.5 Å². The molecule has 152 valence electrons. The molecule has 0 fully saturated rings. The van der Waals surface area contributed by atoms with Gasteiger partial charge in [0.05, 0.1) is 18.7 Å². The Balaban J connectivity index is 1.70. The maximum absolute atomic E-state index is 13.4. The molecule has 4 rings (SSSR count). The molecule has 1 amide bonds. The maximum atomic E-state index is 13.4. The van der Waals surface area contributed by atoms with Crippen LogP contribution in [0.5, 0.6) is 0 Å². The molecule has 1 unspecified atom stereocenters. The molecule has 1 N–H and O–H groups in total. The van der Waals surface area contributed by atoms with Crippen molar-refractivity contribution in [2.45, 2.75) is 39.3 Å². The summed E-state index contributed by atoms with van der Waals surface area (Å²) in [6.45, 7) is 6.19. The summed E-state index contributed by atoms with van der Waals surface area (Å²) in [5, 5.41) is 11.5. The number of anilines is 1. The predicted octanol–water partition coefficient (Wildman–Crippen LogP) is 4.62. The molecule has 1 aliphatic heterocycles. The summed E-state index contributed by atoms with van der Waals surface area (Å²) in [5.41, 5.74) is 3.80. The topological polar surface area (TPSA) is 57.6 Å². The SMILES string of the molecule is Cc1ccc(C(=O)CC2(O)C(=O)N(Cc3ccccc3C)c3ccccc32)c(C)c1. The lowest BCUT2D eigenvalue weighted by atomic mass is 9.87. The molecule has 0 bridgehead atoms. The number of carbonyl (C=O) groups is 2. The molecule has 0 aliphatic carbocycles. The van der Waals surface area contributed by atoms with Gasteiger partial charge >= 0.3 is 0 Å². The molecule has 0 saturated carbocycles. The molecular weight excluding hydrogens is 374 g/mol. The van der Waals surface area contributed by atoms with Crippen molar-refractivity contribution >= 4 is 17.4 Å². The van der Waals surface area contributed by atoms with E-state index in [4.69, 9.17) is 0 Å². The molecule has 1 aliphatic rings. The van der Waals surface area contributed by atoms with Gasteiger partial charge in [-0.3, -0.25) is 9.59 Å². The summed E-state index contributed by atoms with van der Waals surface area (Å²) < 4.78 is 0. The number of aliphatic hydroxyl groups is 1. The van der Waals surface area contributed by atoms with Gasteiger partial charge in [-0.25, -0.2) is 0 Å². The van der Waals surface area contributed by atoms with E-state index < -0.39 is 11.5 Å². The Morgan fingerprint density at radius 3 is 2.37 bits per heavy atom. The Morgan fingerprint density at radius 2 is 1.63 bits per heavy atom. The van der Waals surface area contributed by atoms with Crippen LogP contribution >= 0.6 is 0 Å². The second-order valence-corrected chi connectivity index (χ2v) is 8.11. The van der Waals surface area contributed by atoms with E-state index in [9.17, 15) is 14.7 Å². The summed E-state index contributed by atoms with van der Waals surface area (Å²) in [7, 11) is 0. The number of nitrogens with zero attached hydrogens (tertiary/aromatic N) is 1. The maximum Gasteiger partial charge on any atom is 0.264 e. The standard InChI is InChI=1S/C26H25NO3/c1-17-12-13-21(19(3)14-17)24(28)15-26(30)22-10-6-7-11-23(22)27(25(26)29)16-20-9-5-4-8-18(20)2/h4-14,30H,15-16H2,1-3H3. The van der Waals surface area contributed by atoms with Gasteiger partial charge in [-0.15, -0.1) is 0 Å². The van der Waals surface area contributed by atoms with Crippen LogP contribution in [-0.2, 0) is 16.9 Å². The summed E-state index contributed by atoms with van der Waals surface area (Å²) in [6.07, 6.45) is -0.281. The van der Waals surface area contributed by atoms with E-state index in [0.717, 1.165) is 22.3 Å². The molecule has 0 aromatic heterocycles. The lowest BCUT2D eigenvalue weighted by Crippen LogP contribution is -2.41. The molecular formula is C26H25NO3. The number of Topliss-reactive ketones (excluding diaryl/α,β-unsaturated/α-hetero) is 1. The van der Waals surface area contributed by atoms with Gasteiger partial charge in [0.15, 0.2) is 11.4 Å². The molecule has 3 aromatic rings. The Kier molecular flexibility index (Phi) is 5.04. The summed E-state index contributed by atoms with van der Waals surface area (Å²) in [5.74, 6) is -0.694.